The van der Waals surface area contributed by atoms with Crippen molar-refractivity contribution in [3.8, 4) is 0 Å². The number of nitrogens with one attached hydrogen (secondary N) is 1. The summed E-state index contributed by atoms with van der Waals surface area (Å²) in [5, 5.41) is 2.94. The zero-order valence-electron chi connectivity index (χ0n) is 9.54. The molecule has 2 aliphatic heterocycles. The van der Waals surface area contributed by atoms with E-state index in [0.29, 0.717) is 12.6 Å². The van der Waals surface area contributed by atoms with Crippen LogP contribution in [0.3, 0.4) is 0 Å². The van der Waals surface area contributed by atoms with Crippen LogP contribution in [0, 0.1) is 0 Å². The van der Waals surface area contributed by atoms with E-state index in [-0.39, 0.29) is 5.91 Å². The van der Waals surface area contributed by atoms with Crippen molar-refractivity contribution in [2.24, 2.45) is 0 Å². The lowest BCUT2D eigenvalue weighted by Crippen LogP contribution is -2.42. The molecule has 2 heterocycles. The van der Waals surface area contributed by atoms with Crippen molar-refractivity contribution < 1.29 is 4.79 Å². The second-order valence-corrected chi connectivity index (χ2v) is 4.56. The van der Waals surface area contributed by atoms with Gasteiger partial charge >= 0.3 is 0 Å². The molecule has 0 bridgehead atoms. The molecule has 4 heteroatoms. The van der Waals surface area contributed by atoms with Crippen LogP contribution in [0.1, 0.15) is 19.3 Å². The Bertz CT molecular complexity index is 232. The Hall–Kier alpha value is -0.610. The van der Waals surface area contributed by atoms with Crippen LogP contribution in [0.15, 0.2) is 0 Å². The number of carbonyl (C=O) groups excluding carboxylic acids is 1. The van der Waals surface area contributed by atoms with Gasteiger partial charge in [-0.1, -0.05) is 0 Å². The van der Waals surface area contributed by atoms with E-state index in [1.165, 1.54) is 25.9 Å². The SMILES string of the molecule is CNCC(=O)N1CCCN2CCCC2C1. The van der Waals surface area contributed by atoms with Gasteiger partial charge in [0.05, 0.1) is 6.54 Å². The molecular formula is C11H21N3O. The maximum Gasteiger partial charge on any atom is 0.236 e. The second kappa shape index (κ2) is 4.94. The Morgan fingerprint density at radius 3 is 2.93 bits per heavy atom. The van der Waals surface area contributed by atoms with Gasteiger partial charge in [-0.25, -0.2) is 0 Å². The first-order valence-electron chi connectivity index (χ1n) is 5.97. The lowest BCUT2D eigenvalue weighted by molar-refractivity contribution is -0.130. The molecule has 1 N–H and O–H groups in total. The molecular weight excluding hydrogens is 190 g/mol. The van der Waals surface area contributed by atoms with Crippen molar-refractivity contribution in [3.05, 3.63) is 0 Å². The number of nitrogens with zero attached hydrogens (tertiary/aromatic N) is 2. The van der Waals surface area contributed by atoms with Crippen molar-refractivity contribution in [1.29, 1.82) is 0 Å². The van der Waals surface area contributed by atoms with Gasteiger partial charge in [0.15, 0.2) is 0 Å². The van der Waals surface area contributed by atoms with Crippen LogP contribution in [0.5, 0.6) is 0 Å². The number of rotatable bonds is 2. The first-order chi connectivity index (χ1) is 7.31. The van der Waals surface area contributed by atoms with E-state index in [1.54, 1.807) is 0 Å². The van der Waals surface area contributed by atoms with Gasteiger partial charge in [-0.05, 0) is 32.9 Å². The second-order valence-electron chi connectivity index (χ2n) is 4.56. The van der Waals surface area contributed by atoms with Gasteiger partial charge in [-0.2, -0.15) is 0 Å². The normalized spacial score (nSPS) is 27.5. The van der Waals surface area contributed by atoms with Gasteiger partial charge < -0.3 is 10.2 Å². The summed E-state index contributed by atoms with van der Waals surface area (Å²) in [5.74, 6) is 0.256. The highest BCUT2D eigenvalue weighted by Crippen LogP contribution is 2.21. The molecule has 1 atom stereocenters. The summed E-state index contributed by atoms with van der Waals surface area (Å²) < 4.78 is 0. The highest BCUT2D eigenvalue weighted by Gasteiger charge is 2.29. The molecule has 15 heavy (non-hydrogen) atoms. The molecule has 2 aliphatic rings. The van der Waals surface area contributed by atoms with Gasteiger partial charge in [-0.15, -0.1) is 0 Å². The van der Waals surface area contributed by atoms with E-state index >= 15 is 0 Å². The average molecular weight is 211 g/mol. The highest BCUT2D eigenvalue weighted by molar-refractivity contribution is 5.78. The third-order valence-corrected chi connectivity index (χ3v) is 3.48. The van der Waals surface area contributed by atoms with E-state index in [0.717, 1.165) is 19.5 Å². The number of hydrogen-bond donors (Lipinski definition) is 1. The lowest BCUT2D eigenvalue weighted by Gasteiger charge is -2.25. The van der Waals surface area contributed by atoms with E-state index in [1.807, 2.05) is 11.9 Å². The predicted molar refractivity (Wildman–Crippen MR) is 59.7 cm³/mol. The minimum Gasteiger partial charge on any atom is -0.340 e. The topological polar surface area (TPSA) is 35.6 Å². The fourth-order valence-electron chi connectivity index (χ4n) is 2.70. The monoisotopic (exact) mass is 211 g/mol. The molecule has 0 aliphatic carbocycles. The largest absolute Gasteiger partial charge is 0.340 e. The fraction of sp³-hybridized carbons (Fsp3) is 0.909. The molecule has 0 aromatic heterocycles. The van der Waals surface area contributed by atoms with Crippen molar-refractivity contribution >= 4 is 5.91 Å². The number of carbonyl (C=O) groups is 1. The fourth-order valence-corrected chi connectivity index (χ4v) is 2.70. The Labute approximate surface area is 91.6 Å². The van der Waals surface area contributed by atoms with E-state index < -0.39 is 0 Å². The molecule has 2 rings (SSSR count). The molecule has 0 radical (unpaired) electrons. The quantitative estimate of drug-likeness (QED) is 0.693. The Morgan fingerprint density at radius 1 is 1.33 bits per heavy atom. The maximum atomic E-state index is 11.8. The van der Waals surface area contributed by atoms with Crippen LogP contribution in [-0.4, -0.2) is 61.5 Å². The van der Waals surface area contributed by atoms with Crippen LogP contribution in [0.4, 0.5) is 0 Å². The van der Waals surface area contributed by atoms with Crippen molar-refractivity contribution in [1.82, 2.24) is 15.1 Å². The zero-order valence-corrected chi connectivity index (χ0v) is 9.54. The van der Waals surface area contributed by atoms with Gasteiger partial charge in [0.25, 0.3) is 0 Å². The van der Waals surface area contributed by atoms with Crippen LogP contribution < -0.4 is 5.32 Å². The Balaban J connectivity index is 1.93. The minimum atomic E-state index is 0.256. The summed E-state index contributed by atoms with van der Waals surface area (Å²) >= 11 is 0. The Kier molecular flexibility index (Phi) is 3.59. The average Bonchev–Trinajstić information content (AvgIpc) is 2.56. The van der Waals surface area contributed by atoms with Crippen molar-refractivity contribution in [2.45, 2.75) is 25.3 Å². The molecule has 2 fully saturated rings. The first kappa shape index (κ1) is 10.9. The van der Waals surface area contributed by atoms with Gasteiger partial charge in [0.2, 0.25) is 5.91 Å². The van der Waals surface area contributed by atoms with Gasteiger partial charge in [0, 0.05) is 25.7 Å². The van der Waals surface area contributed by atoms with E-state index in [2.05, 4.69) is 10.2 Å². The minimum absolute atomic E-state index is 0.256. The third-order valence-electron chi connectivity index (χ3n) is 3.48. The van der Waals surface area contributed by atoms with E-state index in [4.69, 9.17) is 0 Å². The summed E-state index contributed by atoms with van der Waals surface area (Å²) in [6.45, 7) is 4.77. The highest BCUT2D eigenvalue weighted by atomic mass is 16.2. The molecule has 0 spiro atoms. The summed E-state index contributed by atoms with van der Waals surface area (Å²) in [4.78, 5) is 16.4. The standard InChI is InChI=1S/C11H21N3O/c1-12-8-11(15)14-7-3-6-13-5-2-4-10(13)9-14/h10,12H,2-9H2,1H3. The number of likely N-dealkylation sites (N-methyl/N-ethyl adjacent to an activating group) is 1. The number of fused-ring (bicyclic) bond motifs is 1. The van der Waals surface area contributed by atoms with Crippen molar-refractivity contribution in [3.63, 3.8) is 0 Å². The molecule has 0 aromatic carbocycles. The first-order valence-corrected chi connectivity index (χ1v) is 5.97. The van der Waals surface area contributed by atoms with E-state index in [9.17, 15) is 4.79 Å². The van der Waals surface area contributed by atoms with Gasteiger partial charge in [0.1, 0.15) is 0 Å². The molecule has 0 saturated carbocycles. The summed E-state index contributed by atoms with van der Waals surface area (Å²) in [5.41, 5.74) is 0. The van der Waals surface area contributed by atoms with Crippen LogP contribution in [0.25, 0.3) is 0 Å². The van der Waals surface area contributed by atoms with Crippen LogP contribution in [0.2, 0.25) is 0 Å². The summed E-state index contributed by atoms with van der Waals surface area (Å²) in [6.07, 6.45) is 3.70. The summed E-state index contributed by atoms with van der Waals surface area (Å²) in [7, 11) is 1.83. The third kappa shape index (κ3) is 2.49. The maximum absolute atomic E-state index is 11.8. The molecule has 2 saturated heterocycles. The molecule has 1 unspecified atom stereocenters. The smallest absolute Gasteiger partial charge is 0.236 e. The predicted octanol–water partition coefficient (Wildman–Crippen LogP) is -0.0975. The molecule has 0 aromatic rings. The van der Waals surface area contributed by atoms with Crippen LogP contribution >= 0.6 is 0 Å². The van der Waals surface area contributed by atoms with Crippen LogP contribution in [-0.2, 0) is 4.79 Å². The lowest BCUT2D eigenvalue weighted by atomic mass is 10.2. The van der Waals surface area contributed by atoms with Gasteiger partial charge in [-0.3, -0.25) is 9.69 Å². The molecule has 4 nitrogen and oxygen atoms in total. The summed E-state index contributed by atoms with van der Waals surface area (Å²) in [6, 6.07) is 0.633. The zero-order chi connectivity index (χ0) is 10.7. The molecule has 86 valence electrons. The molecule has 1 amide bonds. The number of hydrogen-bond acceptors (Lipinski definition) is 3. The Morgan fingerprint density at radius 2 is 2.13 bits per heavy atom. The number of amides is 1. The van der Waals surface area contributed by atoms with Crippen molar-refractivity contribution in [2.75, 3.05) is 39.8 Å².